The van der Waals surface area contributed by atoms with Gasteiger partial charge in [0.15, 0.2) is 0 Å². The Morgan fingerprint density at radius 2 is 1.82 bits per heavy atom. The maximum absolute atomic E-state index is 14.4. The average Bonchev–Trinajstić information content (AvgIpc) is 2.86. The van der Waals surface area contributed by atoms with E-state index in [9.17, 15) is 4.20 Å². The van der Waals surface area contributed by atoms with Crippen molar-refractivity contribution in [3.05, 3.63) is 54.1 Å². The molecule has 1 heterocycles. The lowest BCUT2D eigenvalue weighted by Crippen LogP contribution is -2.08. The molecule has 0 N–H and O–H groups in total. The third kappa shape index (κ3) is 2.05. The summed E-state index contributed by atoms with van der Waals surface area (Å²) in [6.07, 6.45) is 0.890. The minimum Gasteiger partial charge on any atom is -0.493 e. The first-order valence-electron chi connectivity index (χ1n) is 5.61. The summed E-state index contributed by atoms with van der Waals surface area (Å²) in [5, 5.41) is 1.54. The molecule has 0 amide bonds. The van der Waals surface area contributed by atoms with Crippen LogP contribution in [-0.4, -0.2) is 6.61 Å². The molecule has 0 fully saturated rings. The molecule has 86 valence electrons. The first-order valence-corrected chi connectivity index (χ1v) is 6.84. The number of benzene rings is 2. The third-order valence-electron chi connectivity index (χ3n) is 2.88. The summed E-state index contributed by atoms with van der Waals surface area (Å²) < 4.78 is 19.8. The predicted octanol–water partition coefficient (Wildman–Crippen LogP) is 2.94. The van der Waals surface area contributed by atoms with Crippen molar-refractivity contribution in [2.24, 2.45) is 0 Å². The van der Waals surface area contributed by atoms with E-state index in [-0.39, 0.29) is 0 Å². The van der Waals surface area contributed by atoms with Gasteiger partial charge in [0.05, 0.1) is 6.61 Å². The van der Waals surface area contributed by atoms with Crippen LogP contribution >= 0.6 is 8.23 Å². The Labute approximate surface area is 101 Å². The van der Waals surface area contributed by atoms with E-state index in [0.29, 0.717) is 6.61 Å². The summed E-state index contributed by atoms with van der Waals surface area (Å²) in [7, 11) is -1.73. The van der Waals surface area contributed by atoms with Gasteiger partial charge in [-0.3, -0.25) is 0 Å². The summed E-state index contributed by atoms with van der Waals surface area (Å²) in [6, 6.07) is 15.0. The van der Waals surface area contributed by atoms with Gasteiger partial charge in [0.1, 0.15) is 14.0 Å². The van der Waals surface area contributed by atoms with Gasteiger partial charge >= 0.3 is 0 Å². The van der Waals surface area contributed by atoms with Crippen molar-refractivity contribution in [2.75, 3.05) is 6.61 Å². The minimum absolute atomic E-state index is 0.717. The summed E-state index contributed by atoms with van der Waals surface area (Å²) in [5.74, 6) is 0.908. The highest BCUT2D eigenvalue weighted by Crippen LogP contribution is 2.36. The van der Waals surface area contributed by atoms with E-state index in [1.165, 1.54) is 0 Å². The quantitative estimate of drug-likeness (QED) is 0.740. The van der Waals surface area contributed by atoms with Crippen LogP contribution in [0, 0.1) is 0 Å². The molecule has 0 aromatic heterocycles. The van der Waals surface area contributed by atoms with Crippen molar-refractivity contribution in [3.8, 4) is 5.75 Å². The molecule has 1 aliphatic rings. The second kappa shape index (κ2) is 4.46. The predicted molar refractivity (Wildman–Crippen MR) is 69.4 cm³/mol. The Hall–Kier alpha value is -1.40. The van der Waals surface area contributed by atoms with Crippen molar-refractivity contribution in [1.29, 1.82) is 0 Å². The molecule has 0 bridgehead atoms. The van der Waals surface area contributed by atoms with Gasteiger partial charge in [0.2, 0.25) is 0 Å². The van der Waals surface area contributed by atoms with Gasteiger partial charge in [-0.25, -0.2) is 4.20 Å². The van der Waals surface area contributed by atoms with Crippen molar-refractivity contribution >= 4 is 18.8 Å². The molecule has 3 rings (SSSR count). The lowest BCUT2D eigenvalue weighted by atomic mass is 10.2. The highest BCUT2D eigenvalue weighted by molar-refractivity contribution is 7.68. The molecule has 0 aliphatic carbocycles. The SMILES string of the molecule is FP(c1ccccc1)c1ccc2c(c1)CCO2. The lowest BCUT2D eigenvalue weighted by molar-refractivity contribution is 0.357. The van der Waals surface area contributed by atoms with Crippen LogP contribution in [0.5, 0.6) is 5.75 Å². The molecule has 1 atom stereocenters. The van der Waals surface area contributed by atoms with Gasteiger partial charge in [0, 0.05) is 17.0 Å². The molecule has 3 heteroatoms. The Morgan fingerprint density at radius 1 is 1.00 bits per heavy atom. The minimum atomic E-state index is -1.73. The zero-order chi connectivity index (χ0) is 11.7. The monoisotopic (exact) mass is 246 g/mol. The van der Waals surface area contributed by atoms with Gasteiger partial charge in [-0.15, -0.1) is 0 Å². The molecule has 2 aromatic carbocycles. The maximum Gasteiger partial charge on any atom is 0.144 e. The van der Waals surface area contributed by atoms with E-state index in [0.717, 1.165) is 28.3 Å². The van der Waals surface area contributed by atoms with Crippen LogP contribution in [0.25, 0.3) is 0 Å². The molecular weight excluding hydrogens is 234 g/mol. The van der Waals surface area contributed by atoms with Crippen LogP contribution in [-0.2, 0) is 6.42 Å². The van der Waals surface area contributed by atoms with Gasteiger partial charge < -0.3 is 4.74 Å². The van der Waals surface area contributed by atoms with Crippen LogP contribution in [0.4, 0.5) is 4.20 Å². The average molecular weight is 246 g/mol. The smallest absolute Gasteiger partial charge is 0.144 e. The van der Waals surface area contributed by atoms with Crippen LogP contribution in [0.2, 0.25) is 0 Å². The fourth-order valence-corrected chi connectivity index (χ4v) is 3.21. The molecule has 0 spiro atoms. The fourth-order valence-electron chi connectivity index (χ4n) is 2.00. The number of ether oxygens (including phenoxy) is 1. The van der Waals surface area contributed by atoms with Crippen LogP contribution in [0.15, 0.2) is 48.5 Å². The number of halogens is 1. The van der Waals surface area contributed by atoms with E-state index >= 15 is 0 Å². The first kappa shape index (κ1) is 10.7. The summed E-state index contributed by atoms with van der Waals surface area (Å²) in [5.41, 5.74) is 1.13. The Kier molecular flexibility index (Phi) is 2.82. The molecule has 0 saturated heterocycles. The lowest BCUT2D eigenvalue weighted by Gasteiger charge is -2.09. The zero-order valence-electron chi connectivity index (χ0n) is 9.27. The number of rotatable bonds is 2. The zero-order valence-corrected chi connectivity index (χ0v) is 10.2. The molecule has 17 heavy (non-hydrogen) atoms. The molecule has 0 saturated carbocycles. The highest BCUT2D eigenvalue weighted by Gasteiger charge is 2.17. The second-order valence-electron chi connectivity index (χ2n) is 4.01. The van der Waals surface area contributed by atoms with Gasteiger partial charge in [-0.2, -0.15) is 0 Å². The molecule has 1 nitrogen and oxygen atoms in total. The Morgan fingerprint density at radius 3 is 2.65 bits per heavy atom. The van der Waals surface area contributed by atoms with E-state index in [1.807, 2.05) is 48.5 Å². The summed E-state index contributed by atoms with van der Waals surface area (Å²) >= 11 is 0. The van der Waals surface area contributed by atoms with Crippen LogP contribution < -0.4 is 15.3 Å². The topological polar surface area (TPSA) is 9.23 Å². The van der Waals surface area contributed by atoms with E-state index in [2.05, 4.69) is 0 Å². The molecule has 1 unspecified atom stereocenters. The normalized spacial score (nSPS) is 15.1. The van der Waals surface area contributed by atoms with E-state index in [4.69, 9.17) is 4.74 Å². The highest BCUT2D eigenvalue weighted by atomic mass is 31.2. The molecule has 2 aromatic rings. The summed E-state index contributed by atoms with van der Waals surface area (Å²) in [6.45, 7) is 0.717. The molecule has 0 radical (unpaired) electrons. The molecule has 1 aliphatic heterocycles. The van der Waals surface area contributed by atoms with E-state index in [1.54, 1.807) is 0 Å². The van der Waals surface area contributed by atoms with Crippen molar-refractivity contribution in [2.45, 2.75) is 6.42 Å². The fraction of sp³-hybridized carbons (Fsp3) is 0.143. The number of hydrogen-bond donors (Lipinski definition) is 0. The maximum atomic E-state index is 14.4. The van der Waals surface area contributed by atoms with Gasteiger partial charge in [0.25, 0.3) is 0 Å². The molecular formula is C14H12FOP. The van der Waals surface area contributed by atoms with Gasteiger partial charge in [-0.05, 0) is 23.8 Å². The van der Waals surface area contributed by atoms with Crippen molar-refractivity contribution < 1.29 is 8.93 Å². The number of fused-ring (bicyclic) bond motifs is 1. The second-order valence-corrected chi connectivity index (χ2v) is 5.60. The van der Waals surface area contributed by atoms with Crippen molar-refractivity contribution in [3.63, 3.8) is 0 Å². The Bertz CT molecular complexity index is 527. The van der Waals surface area contributed by atoms with Crippen molar-refractivity contribution in [1.82, 2.24) is 0 Å². The number of hydrogen-bond acceptors (Lipinski definition) is 1. The summed E-state index contributed by atoms with van der Waals surface area (Å²) in [4.78, 5) is 0. The standard InChI is InChI=1S/C14H12FOP/c15-17(12-4-2-1-3-5-12)13-6-7-14-11(10-13)8-9-16-14/h1-7,10H,8-9H2. The first-order chi connectivity index (χ1) is 8.34. The Balaban J connectivity index is 1.94. The van der Waals surface area contributed by atoms with Crippen LogP contribution in [0.3, 0.4) is 0 Å². The van der Waals surface area contributed by atoms with Gasteiger partial charge in [-0.1, -0.05) is 30.3 Å². The third-order valence-corrected chi connectivity index (χ3v) is 4.37. The van der Waals surface area contributed by atoms with E-state index < -0.39 is 8.23 Å². The largest absolute Gasteiger partial charge is 0.493 e. The van der Waals surface area contributed by atoms with Crippen LogP contribution in [0.1, 0.15) is 5.56 Å².